The summed E-state index contributed by atoms with van der Waals surface area (Å²) in [4.78, 5) is 17.3. The Kier molecular flexibility index (Phi) is 4.37. The smallest absolute Gasteiger partial charge is 0.253 e. The molecule has 5 heteroatoms. The van der Waals surface area contributed by atoms with Crippen molar-refractivity contribution in [2.24, 2.45) is 18.4 Å². The van der Waals surface area contributed by atoms with Crippen molar-refractivity contribution in [1.82, 2.24) is 20.1 Å². The van der Waals surface area contributed by atoms with Crippen LogP contribution in [0.3, 0.4) is 0 Å². The summed E-state index contributed by atoms with van der Waals surface area (Å²) < 4.78 is 1.77. The van der Waals surface area contributed by atoms with Gasteiger partial charge < -0.3 is 5.32 Å². The van der Waals surface area contributed by atoms with Crippen molar-refractivity contribution in [2.45, 2.75) is 53.4 Å². The van der Waals surface area contributed by atoms with Gasteiger partial charge in [-0.2, -0.15) is 5.10 Å². The van der Waals surface area contributed by atoms with E-state index in [9.17, 15) is 4.79 Å². The first-order valence-corrected chi connectivity index (χ1v) is 8.89. The molecular formula is C19H28N4O. The highest BCUT2D eigenvalue weighted by Gasteiger charge is 2.32. The lowest BCUT2D eigenvalue weighted by molar-refractivity contribution is 0.0917. The number of pyridine rings is 1. The molecule has 0 bridgehead atoms. The Morgan fingerprint density at radius 3 is 2.62 bits per heavy atom. The zero-order valence-corrected chi connectivity index (χ0v) is 15.4. The third kappa shape index (κ3) is 3.04. The van der Waals surface area contributed by atoms with Crippen LogP contribution >= 0.6 is 0 Å². The van der Waals surface area contributed by atoms with E-state index in [2.05, 4.69) is 29.2 Å². The highest BCUT2D eigenvalue weighted by atomic mass is 16.1. The van der Waals surface area contributed by atoms with Crippen molar-refractivity contribution in [3.8, 4) is 0 Å². The lowest BCUT2D eigenvalue weighted by atomic mass is 9.77. The molecule has 0 aromatic carbocycles. The van der Waals surface area contributed by atoms with E-state index in [1.54, 1.807) is 4.68 Å². The number of hydrogen-bond acceptors (Lipinski definition) is 3. The van der Waals surface area contributed by atoms with E-state index in [1.807, 2.05) is 27.0 Å². The molecule has 24 heavy (non-hydrogen) atoms. The van der Waals surface area contributed by atoms with Gasteiger partial charge in [0.15, 0.2) is 5.65 Å². The van der Waals surface area contributed by atoms with E-state index in [4.69, 9.17) is 0 Å². The largest absolute Gasteiger partial charge is 0.351 e. The first kappa shape index (κ1) is 16.9. The third-order valence-corrected chi connectivity index (χ3v) is 5.60. The minimum Gasteiger partial charge on any atom is -0.351 e. The van der Waals surface area contributed by atoms with Crippen LogP contribution in [0, 0.1) is 25.2 Å². The Balaban J connectivity index is 1.78. The van der Waals surface area contributed by atoms with E-state index in [-0.39, 0.29) is 11.3 Å². The number of nitrogens with zero attached hydrogens (tertiary/aromatic N) is 3. The molecule has 1 N–H and O–H groups in total. The van der Waals surface area contributed by atoms with Crippen LogP contribution in [0.4, 0.5) is 0 Å². The predicted molar refractivity (Wildman–Crippen MR) is 96.1 cm³/mol. The summed E-state index contributed by atoms with van der Waals surface area (Å²) >= 11 is 0. The van der Waals surface area contributed by atoms with Gasteiger partial charge >= 0.3 is 0 Å². The molecule has 0 saturated heterocycles. The molecule has 0 radical (unpaired) electrons. The van der Waals surface area contributed by atoms with Gasteiger partial charge in [-0.15, -0.1) is 0 Å². The second-order valence-electron chi connectivity index (χ2n) is 7.85. The SMILES string of the molecule is Cc1nc2c(cc1C(=O)NCC(C)(C)C1CCCC1)c(C)nn2C. The Bertz CT molecular complexity index is 769. The number of fused-ring (bicyclic) bond motifs is 1. The molecule has 2 aromatic heterocycles. The van der Waals surface area contributed by atoms with Crippen LogP contribution in [-0.4, -0.2) is 27.2 Å². The molecule has 1 amide bonds. The van der Waals surface area contributed by atoms with Gasteiger partial charge in [-0.05, 0) is 44.1 Å². The maximum atomic E-state index is 12.7. The zero-order valence-electron chi connectivity index (χ0n) is 15.4. The summed E-state index contributed by atoms with van der Waals surface area (Å²) in [6, 6.07) is 1.93. The van der Waals surface area contributed by atoms with Crippen molar-refractivity contribution < 1.29 is 4.79 Å². The fourth-order valence-corrected chi connectivity index (χ4v) is 3.92. The summed E-state index contributed by atoms with van der Waals surface area (Å²) in [6.07, 6.45) is 5.21. The van der Waals surface area contributed by atoms with E-state index < -0.39 is 0 Å². The Morgan fingerprint density at radius 1 is 1.29 bits per heavy atom. The molecule has 5 nitrogen and oxygen atoms in total. The average molecular weight is 328 g/mol. The molecule has 1 fully saturated rings. The molecule has 2 aromatic rings. The van der Waals surface area contributed by atoms with E-state index in [0.29, 0.717) is 18.0 Å². The summed E-state index contributed by atoms with van der Waals surface area (Å²) in [7, 11) is 1.88. The fourth-order valence-electron chi connectivity index (χ4n) is 3.92. The molecule has 2 heterocycles. The molecular weight excluding hydrogens is 300 g/mol. The van der Waals surface area contributed by atoms with Gasteiger partial charge in [-0.3, -0.25) is 9.48 Å². The molecule has 0 unspecified atom stereocenters. The van der Waals surface area contributed by atoms with Gasteiger partial charge in [0.2, 0.25) is 0 Å². The highest BCUT2D eigenvalue weighted by Crippen LogP contribution is 2.39. The summed E-state index contributed by atoms with van der Waals surface area (Å²) in [5, 5.41) is 8.48. The minimum absolute atomic E-state index is 0.0313. The molecule has 0 atom stereocenters. The van der Waals surface area contributed by atoms with Gasteiger partial charge in [0.1, 0.15) is 0 Å². The van der Waals surface area contributed by atoms with Gasteiger partial charge in [0, 0.05) is 19.0 Å². The van der Waals surface area contributed by atoms with Gasteiger partial charge in [-0.25, -0.2) is 4.98 Å². The van der Waals surface area contributed by atoms with Crippen molar-refractivity contribution in [2.75, 3.05) is 6.54 Å². The number of hydrogen-bond donors (Lipinski definition) is 1. The van der Waals surface area contributed by atoms with Gasteiger partial charge in [-0.1, -0.05) is 26.7 Å². The number of carbonyl (C=O) groups is 1. The van der Waals surface area contributed by atoms with Gasteiger partial charge in [0.05, 0.1) is 17.0 Å². The first-order valence-electron chi connectivity index (χ1n) is 8.89. The Morgan fingerprint density at radius 2 is 1.96 bits per heavy atom. The summed E-state index contributed by atoms with van der Waals surface area (Å²) in [6.45, 7) is 9.08. The number of amides is 1. The maximum absolute atomic E-state index is 12.7. The molecule has 130 valence electrons. The van der Waals surface area contributed by atoms with Gasteiger partial charge in [0.25, 0.3) is 5.91 Å². The van der Waals surface area contributed by atoms with E-state index >= 15 is 0 Å². The van der Waals surface area contributed by atoms with Crippen LogP contribution < -0.4 is 5.32 Å². The summed E-state index contributed by atoms with van der Waals surface area (Å²) in [5.74, 6) is 0.677. The molecule has 0 aliphatic heterocycles. The van der Waals surface area contributed by atoms with Crippen LogP contribution in [0.25, 0.3) is 11.0 Å². The van der Waals surface area contributed by atoms with Crippen molar-refractivity contribution in [3.63, 3.8) is 0 Å². The van der Waals surface area contributed by atoms with Crippen LogP contribution in [0.5, 0.6) is 0 Å². The van der Waals surface area contributed by atoms with Crippen LogP contribution in [0.2, 0.25) is 0 Å². The molecule has 1 saturated carbocycles. The standard InChI is InChI=1S/C19H28N4O/c1-12-16(10-15-13(2)22-23(5)17(15)21-12)18(24)20-11-19(3,4)14-8-6-7-9-14/h10,14H,6-9,11H2,1-5H3,(H,20,24). The Labute approximate surface area is 143 Å². The van der Waals surface area contributed by atoms with E-state index in [1.165, 1.54) is 25.7 Å². The van der Waals surface area contributed by atoms with Crippen molar-refractivity contribution >= 4 is 16.9 Å². The number of aryl methyl sites for hydroxylation is 3. The monoisotopic (exact) mass is 328 g/mol. The minimum atomic E-state index is -0.0313. The Hall–Kier alpha value is -1.91. The topological polar surface area (TPSA) is 59.8 Å². The second kappa shape index (κ2) is 6.19. The van der Waals surface area contributed by atoms with Crippen LogP contribution in [-0.2, 0) is 7.05 Å². The average Bonchev–Trinajstić information content (AvgIpc) is 3.15. The lowest BCUT2D eigenvalue weighted by Crippen LogP contribution is -2.38. The third-order valence-electron chi connectivity index (χ3n) is 5.60. The predicted octanol–water partition coefficient (Wildman–Crippen LogP) is 3.53. The normalized spacial score (nSPS) is 16.0. The highest BCUT2D eigenvalue weighted by molar-refractivity contribution is 5.98. The maximum Gasteiger partial charge on any atom is 0.253 e. The zero-order chi connectivity index (χ0) is 17.5. The van der Waals surface area contributed by atoms with Crippen LogP contribution in [0.1, 0.15) is 61.3 Å². The first-order chi connectivity index (χ1) is 11.3. The number of aromatic nitrogens is 3. The summed E-state index contributed by atoms with van der Waals surface area (Å²) in [5.41, 5.74) is 3.28. The molecule has 3 rings (SSSR count). The quantitative estimate of drug-likeness (QED) is 0.934. The van der Waals surface area contributed by atoms with Crippen LogP contribution in [0.15, 0.2) is 6.07 Å². The fraction of sp³-hybridized carbons (Fsp3) is 0.632. The van der Waals surface area contributed by atoms with E-state index in [0.717, 1.165) is 22.4 Å². The molecule has 1 aliphatic carbocycles. The number of nitrogens with one attached hydrogen (secondary N) is 1. The molecule has 1 aliphatic rings. The lowest BCUT2D eigenvalue weighted by Gasteiger charge is -2.31. The number of rotatable bonds is 4. The van der Waals surface area contributed by atoms with Crippen molar-refractivity contribution in [1.29, 1.82) is 0 Å². The second-order valence-corrected chi connectivity index (χ2v) is 7.85. The molecule has 0 spiro atoms. The number of carbonyl (C=O) groups excluding carboxylic acids is 1. The van der Waals surface area contributed by atoms with Crippen molar-refractivity contribution in [3.05, 3.63) is 23.0 Å².